The van der Waals surface area contributed by atoms with Gasteiger partial charge in [-0.2, -0.15) is 0 Å². The predicted octanol–water partition coefficient (Wildman–Crippen LogP) is 2.02. The number of nitrogens with zero attached hydrogens (tertiary/aromatic N) is 2. The van der Waals surface area contributed by atoms with Gasteiger partial charge in [0.05, 0.1) is 27.0 Å². The first-order valence-corrected chi connectivity index (χ1v) is 8.26. The van der Waals surface area contributed by atoms with Gasteiger partial charge in [0.2, 0.25) is 5.75 Å². The molecule has 1 saturated carbocycles. The first kappa shape index (κ1) is 16.7. The van der Waals surface area contributed by atoms with Crippen molar-refractivity contribution in [2.24, 2.45) is 0 Å². The Labute approximate surface area is 142 Å². The van der Waals surface area contributed by atoms with Gasteiger partial charge in [-0.15, -0.1) is 0 Å². The topological polar surface area (TPSA) is 63.3 Å². The lowest BCUT2D eigenvalue weighted by atomic mass is 10.2. The number of methoxy groups -OCH3 is 3. The van der Waals surface area contributed by atoms with E-state index in [-0.39, 0.29) is 6.03 Å². The van der Waals surface area contributed by atoms with Crippen LogP contribution in [0.25, 0.3) is 0 Å². The minimum absolute atomic E-state index is 0.0975. The lowest BCUT2D eigenvalue weighted by Gasteiger charge is -2.34. The minimum Gasteiger partial charge on any atom is -0.493 e. The predicted molar refractivity (Wildman–Crippen MR) is 91.3 cm³/mol. The van der Waals surface area contributed by atoms with Gasteiger partial charge >= 0.3 is 6.03 Å². The first-order chi connectivity index (χ1) is 11.7. The van der Waals surface area contributed by atoms with Crippen LogP contribution in [0.5, 0.6) is 17.2 Å². The zero-order valence-corrected chi connectivity index (χ0v) is 14.5. The van der Waals surface area contributed by atoms with Crippen LogP contribution in [0, 0.1) is 0 Å². The molecule has 0 bridgehead atoms. The Bertz CT molecular complexity index is 570. The highest BCUT2D eigenvalue weighted by molar-refractivity contribution is 5.90. The van der Waals surface area contributed by atoms with Crippen molar-refractivity contribution < 1.29 is 19.0 Å². The number of piperazine rings is 1. The fraction of sp³-hybridized carbons (Fsp3) is 0.588. The number of ether oxygens (including phenoxy) is 3. The molecule has 1 aliphatic carbocycles. The summed E-state index contributed by atoms with van der Waals surface area (Å²) < 4.78 is 15.9. The molecule has 0 atom stereocenters. The van der Waals surface area contributed by atoms with E-state index in [0.29, 0.717) is 22.9 Å². The van der Waals surface area contributed by atoms with Crippen LogP contribution < -0.4 is 19.5 Å². The summed E-state index contributed by atoms with van der Waals surface area (Å²) in [6.07, 6.45) is 2.61. The van der Waals surface area contributed by atoms with E-state index >= 15 is 0 Å². The van der Waals surface area contributed by atoms with Crippen LogP contribution >= 0.6 is 0 Å². The van der Waals surface area contributed by atoms with Gasteiger partial charge in [0, 0.05) is 44.4 Å². The smallest absolute Gasteiger partial charge is 0.321 e. The quantitative estimate of drug-likeness (QED) is 0.892. The van der Waals surface area contributed by atoms with Crippen molar-refractivity contribution in [3.05, 3.63) is 12.1 Å². The average Bonchev–Trinajstić information content (AvgIpc) is 3.46. The molecule has 0 aromatic heterocycles. The van der Waals surface area contributed by atoms with Crippen molar-refractivity contribution >= 4 is 11.7 Å². The molecule has 2 fully saturated rings. The first-order valence-electron chi connectivity index (χ1n) is 8.26. The summed E-state index contributed by atoms with van der Waals surface area (Å²) >= 11 is 0. The van der Waals surface area contributed by atoms with E-state index in [4.69, 9.17) is 14.2 Å². The van der Waals surface area contributed by atoms with E-state index in [2.05, 4.69) is 10.2 Å². The highest BCUT2D eigenvalue weighted by atomic mass is 16.5. The summed E-state index contributed by atoms with van der Waals surface area (Å²) in [5, 5.41) is 2.92. The number of carbonyl (C=O) groups excluding carboxylic acids is 1. The molecule has 7 nitrogen and oxygen atoms in total. The second kappa shape index (κ2) is 7.17. The third-order valence-electron chi connectivity index (χ3n) is 4.58. The van der Waals surface area contributed by atoms with Gasteiger partial charge in [0.15, 0.2) is 11.5 Å². The molecule has 1 heterocycles. The summed E-state index contributed by atoms with van der Waals surface area (Å²) in [6.45, 7) is 3.42. The molecule has 1 aromatic carbocycles. The van der Waals surface area contributed by atoms with Gasteiger partial charge in [-0.25, -0.2) is 4.79 Å². The van der Waals surface area contributed by atoms with Crippen LogP contribution in [0.15, 0.2) is 12.1 Å². The van der Waals surface area contributed by atoms with Gasteiger partial charge in [-0.1, -0.05) is 0 Å². The monoisotopic (exact) mass is 335 g/mol. The maximum Gasteiger partial charge on any atom is 0.321 e. The van der Waals surface area contributed by atoms with Crippen molar-refractivity contribution in [2.75, 3.05) is 52.8 Å². The van der Waals surface area contributed by atoms with Crippen LogP contribution in [0.3, 0.4) is 0 Å². The van der Waals surface area contributed by atoms with E-state index in [1.807, 2.05) is 4.90 Å². The van der Waals surface area contributed by atoms with E-state index in [9.17, 15) is 4.79 Å². The van der Waals surface area contributed by atoms with Crippen molar-refractivity contribution in [3.8, 4) is 17.2 Å². The Morgan fingerprint density at radius 1 is 1.00 bits per heavy atom. The highest BCUT2D eigenvalue weighted by Crippen LogP contribution is 2.40. The number of nitrogens with one attached hydrogen (secondary N) is 1. The highest BCUT2D eigenvalue weighted by Gasteiger charge is 2.32. The zero-order chi connectivity index (χ0) is 17.1. The van der Waals surface area contributed by atoms with Crippen LogP contribution in [0.2, 0.25) is 0 Å². The summed E-state index contributed by atoms with van der Waals surface area (Å²) in [7, 11) is 4.66. The summed E-state index contributed by atoms with van der Waals surface area (Å²) in [6, 6.07) is 4.13. The van der Waals surface area contributed by atoms with Crippen LogP contribution in [0.4, 0.5) is 10.5 Å². The molecular weight excluding hydrogens is 310 g/mol. The molecule has 7 heteroatoms. The van der Waals surface area contributed by atoms with E-state index < -0.39 is 0 Å². The van der Waals surface area contributed by atoms with E-state index in [1.54, 1.807) is 33.5 Å². The molecule has 0 unspecified atom stereocenters. The third kappa shape index (κ3) is 3.51. The van der Waals surface area contributed by atoms with E-state index in [0.717, 1.165) is 32.2 Å². The second-order valence-electron chi connectivity index (χ2n) is 6.10. The molecule has 2 amide bonds. The summed E-state index contributed by atoms with van der Waals surface area (Å²) in [5.74, 6) is 1.55. The molecule has 2 aliphatic rings. The zero-order valence-electron chi connectivity index (χ0n) is 14.5. The number of benzene rings is 1. The second-order valence-corrected chi connectivity index (χ2v) is 6.10. The lowest BCUT2D eigenvalue weighted by Crippen LogP contribution is -2.50. The largest absolute Gasteiger partial charge is 0.493 e. The number of anilines is 1. The van der Waals surface area contributed by atoms with Gasteiger partial charge < -0.3 is 24.4 Å². The van der Waals surface area contributed by atoms with Crippen molar-refractivity contribution in [3.63, 3.8) is 0 Å². The van der Waals surface area contributed by atoms with Crippen LogP contribution in [-0.2, 0) is 0 Å². The number of carbonyl (C=O) groups is 1. The fourth-order valence-electron chi connectivity index (χ4n) is 3.09. The Hall–Kier alpha value is -2.15. The number of amides is 2. The summed E-state index contributed by atoms with van der Waals surface area (Å²) in [4.78, 5) is 16.8. The average molecular weight is 335 g/mol. The Morgan fingerprint density at radius 2 is 1.58 bits per heavy atom. The normalized spacial score (nSPS) is 18.2. The minimum atomic E-state index is -0.0975. The van der Waals surface area contributed by atoms with Gasteiger partial charge in [0.1, 0.15) is 0 Å². The SMILES string of the molecule is COc1cc(NC(=O)N2CCN(C3CC3)CC2)cc(OC)c1OC. The lowest BCUT2D eigenvalue weighted by molar-refractivity contribution is 0.142. The fourth-order valence-corrected chi connectivity index (χ4v) is 3.09. The van der Waals surface area contributed by atoms with Gasteiger partial charge in [-0.05, 0) is 12.8 Å². The number of rotatable bonds is 5. The molecule has 0 spiro atoms. The molecular formula is C17H25N3O4. The van der Waals surface area contributed by atoms with E-state index in [1.165, 1.54) is 12.8 Å². The third-order valence-corrected chi connectivity index (χ3v) is 4.58. The maximum absolute atomic E-state index is 12.5. The van der Waals surface area contributed by atoms with Gasteiger partial charge in [-0.3, -0.25) is 4.90 Å². The molecule has 1 N–H and O–H groups in total. The molecule has 0 radical (unpaired) electrons. The van der Waals surface area contributed by atoms with Gasteiger partial charge in [0.25, 0.3) is 0 Å². The Balaban J connectivity index is 1.65. The molecule has 24 heavy (non-hydrogen) atoms. The van der Waals surface area contributed by atoms with Crippen molar-refractivity contribution in [1.29, 1.82) is 0 Å². The standard InChI is InChI=1S/C17H25N3O4/c1-22-14-10-12(11-15(23-2)16(14)24-3)18-17(21)20-8-6-19(7-9-20)13-4-5-13/h10-11,13H,4-9H2,1-3H3,(H,18,21). The van der Waals surface area contributed by atoms with Crippen LogP contribution in [-0.4, -0.2) is 69.4 Å². The van der Waals surface area contributed by atoms with Crippen molar-refractivity contribution in [2.45, 2.75) is 18.9 Å². The molecule has 132 valence electrons. The molecule has 3 rings (SSSR count). The number of urea groups is 1. The van der Waals surface area contributed by atoms with Crippen molar-refractivity contribution in [1.82, 2.24) is 9.80 Å². The Kier molecular flexibility index (Phi) is 4.99. The Morgan fingerprint density at radius 3 is 2.04 bits per heavy atom. The number of hydrogen-bond donors (Lipinski definition) is 1. The molecule has 1 aromatic rings. The molecule has 1 aliphatic heterocycles. The number of hydrogen-bond acceptors (Lipinski definition) is 5. The maximum atomic E-state index is 12.5. The molecule has 1 saturated heterocycles. The van der Waals surface area contributed by atoms with Crippen LogP contribution in [0.1, 0.15) is 12.8 Å². The summed E-state index contributed by atoms with van der Waals surface area (Å²) in [5.41, 5.74) is 0.624.